The molecule has 0 fully saturated rings. The second kappa shape index (κ2) is 4.17. The van der Waals surface area contributed by atoms with E-state index < -0.39 is 0 Å². The predicted octanol–water partition coefficient (Wildman–Crippen LogP) is 1.39. The first-order valence-corrected chi connectivity index (χ1v) is 5.27. The Hall–Kier alpha value is -0.450. The first-order chi connectivity index (χ1) is 6.02. The average Bonchev–Trinajstić information content (AvgIpc) is 2.52. The number of hydrogen-bond donors (Lipinski definition) is 2. The zero-order chi connectivity index (χ0) is 9.90. The summed E-state index contributed by atoms with van der Waals surface area (Å²) in [5.74, 6) is 0. The van der Waals surface area contributed by atoms with Gasteiger partial charge in [-0.25, -0.2) is 4.98 Å². The molecule has 1 aromatic heterocycles. The van der Waals surface area contributed by atoms with Crippen molar-refractivity contribution >= 4 is 11.3 Å². The van der Waals surface area contributed by atoms with Gasteiger partial charge in [0.1, 0.15) is 0 Å². The maximum atomic E-state index is 9.43. The molecule has 0 aliphatic rings. The highest BCUT2D eigenvalue weighted by Gasteiger charge is 2.22. The number of thiazole rings is 1. The fourth-order valence-corrected chi connectivity index (χ4v) is 1.35. The molecule has 1 aromatic rings. The summed E-state index contributed by atoms with van der Waals surface area (Å²) < 4.78 is 0. The molecule has 4 heteroatoms. The van der Waals surface area contributed by atoms with Crippen LogP contribution in [0.5, 0.6) is 0 Å². The van der Waals surface area contributed by atoms with Crippen LogP contribution in [-0.4, -0.2) is 21.7 Å². The Morgan fingerprint density at radius 2 is 2.38 bits per heavy atom. The van der Waals surface area contributed by atoms with Gasteiger partial charge in [-0.3, -0.25) is 0 Å². The Balaban J connectivity index is 2.42. The van der Waals surface area contributed by atoms with Crippen molar-refractivity contribution in [3.63, 3.8) is 0 Å². The Labute approximate surface area is 82.8 Å². The van der Waals surface area contributed by atoms with Crippen LogP contribution in [-0.2, 0) is 6.54 Å². The topological polar surface area (TPSA) is 45.1 Å². The molecule has 0 aromatic carbocycles. The number of aliphatic hydroxyl groups is 1. The Kier molecular flexibility index (Phi) is 3.41. The van der Waals surface area contributed by atoms with Gasteiger partial charge in [-0.05, 0) is 20.8 Å². The third-order valence-corrected chi connectivity index (χ3v) is 2.89. The van der Waals surface area contributed by atoms with Crippen molar-refractivity contribution in [3.05, 3.63) is 16.6 Å². The molecule has 3 nitrogen and oxygen atoms in total. The van der Waals surface area contributed by atoms with Gasteiger partial charge in [-0.1, -0.05) is 0 Å². The van der Waals surface area contributed by atoms with Crippen molar-refractivity contribution in [3.8, 4) is 0 Å². The minimum absolute atomic E-state index is 0.260. The van der Waals surface area contributed by atoms with E-state index in [4.69, 9.17) is 0 Å². The molecule has 2 N–H and O–H groups in total. The zero-order valence-corrected chi connectivity index (χ0v) is 9.06. The lowest BCUT2D eigenvalue weighted by Gasteiger charge is -2.29. The minimum atomic E-state index is -0.369. The van der Waals surface area contributed by atoms with Gasteiger partial charge in [0, 0.05) is 17.5 Å². The van der Waals surface area contributed by atoms with Gasteiger partial charge in [0.05, 0.1) is 17.3 Å². The van der Waals surface area contributed by atoms with Crippen LogP contribution in [0.1, 0.15) is 26.5 Å². The molecule has 1 unspecified atom stereocenters. The van der Waals surface area contributed by atoms with Gasteiger partial charge < -0.3 is 10.4 Å². The van der Waals surface area contributed by atoms with Crippen molar-refractivity contribution in [2.24, 2.45) is 0 Å². The number of aliphatic hydroxyl groups excluding tert-OH is 1. The average molecular weight is 200 g/mol. The molecule has 0 bridgehead atoms. The monoisotopic (exact) mass is 200 g/mol. The standard InChI is InChI=1S/C9H16N2OS/c1-7(12)9(2,3)11-4-8-5-13-6-10-8/h5-7,11-12H,4H2,1-3H3. The van der Waals surface area contributed by atoms with E-state index in [1.807, 2.05) is 24.7 Å². The first kappa shape index (κ1) is 10.6. The summed E-state index contributed by atoms with van der Waals surface area (Å²) in [7, 11) is 0. The van der Waals surface area contributed by atoms with Crippen LogP contribution in [0.4, 0.5) is 0 Å². The SMILES string of the molecule is CC(O)C(C)(C)NCc1cscn1. The van der Waals surface area contributed by atoms with E-state index in [-0.39, 0.29) is 11.6 Å². The van der Waals surface area contributed by atoms with Gasteiger partial charge >= 0.3 is 0 Å². The second-order valence-electron chi connectivity index (χ2n) is 3.73. The molecule has 1 atom stereocenters. The van der Waals surface area contributed by atoms with E-state index in [0.29, 0.717) is 6.54 Å². The quantitative estimate of drug-likeness (QED) is 0.772. The summed E-state index contributed by atoms with van der Waals surface area (Å²) in [5.41, 5.74) is 2.58. The molecule has 1 heterocycles. The lowest BCUT2D eigenvalue weighted by Crippen LogP contribution is -2.47. The van der Waals surface area contributed by atoms with E-state index >= 15 is 0 Å². The smallest absolute Gasteiger partial charge is 0.0795 e. The van der Waals surface area contributed by atoms with E-state index in [1.165, 1.54) is 0 Å². The molecule has 0 amide bonds. The number of rotatable bonds is 4. The summed E-state index contributed by atoms with van der Waals surface area (Å²) in [6.07, 6.45) is -0.369. The van der Waals surface area contributed by atoms with Crippen LogP contribution < -0.4 is 5.32 Å². The largest absolute Gasteiger partial charge is 0.392 e. The van der Waals surface area contributed by atoms with Crippen molar-refractivity contribution in [1.29, 1.82) is 0 Å². The Morgan fingerprint density at radius 1 is 1.69 bits per heavy atom. The maximum Gasteiger partial charge on any atom is 0.0795 e. The molecule has 0 spiro atoms. The highest BCUT2D eigenvalue weighted by Crippen LogP contribution is 2.10. The van der Waals surface area contributed by atoms with Crippen LogP contribution in [0, 0.1) is 0 Å². The Bertz CT molecular complexity index is 244. The first-order valence-electron chi connectivity index (χ1n) is 4.32. The van der Waals surface area contributed by atoms with Gasteiger partial charge in [0.15, 0.2) is 0 Å². The normalized spacial score (nSPS) is 14.5. The summed E-state index contributed by atoms with van der Waals surface area (Å²) in [6.45, 7) is 6.45. The molecule has 0 aliphatic carbocycles. The number of nitrogens with one attached hydrogen (secondary N) is 1. The molecule has 74 valence electrons. The van der Waals surface area contributed by atoms with Gasteiger partial charge in [-0.2, -0.15) is 0 Å². The van der Waals surface area contributed by atoms with Crippen LogP contribution >= 0.6 is 11.3 Å². The fraction of sp³-hybridized carbons (Fsp3) is 0.667. The Morgan fingerprint density at radius 3 is 2.85 bits per heavy atom. The van der Waals surface area contributed by atoms with Gasteiger partial charge in [0.25, 0.3) is 0 Å². The van der Waals surface area contributed by atoms with Crippen LogP contribution in [0.3, 0.4) is 0 Å². The fourth-order valence-electron chi connectivity index (χ4n) is 0.791. The highest BCUT2D eigenvalue weighted by molar-refractivity contribution is 7.07. The van der Waals surface area contributed by atoms with Crippen molar-refractivity contribution < 1.29 is 5.11 Å². The van der Waals surface area contributed by atoms with Gasteiger partial charge in [0.2, 0.25) is 0 Å². The minimum Gasteiger partial charge on any atom is -0.392 e. The molecule has 1 rings (SSSR count). The van der Waals surface area contributed by atoms with Gasteiger partial charge in [-0.15, -0.1) is 11.3 Å². The van der Waals surface area contributed by atoms with E-state index in [9.17, 15) is 5.11 Å². The lowest BCUT2D eigenvalue weighted by molar-refractivity contribution is 0.0954. The van der Waals surface area contributed by atoms with Crippen molar-refractivity contribution in [1.82, 2.24) is 10.3 Å². The van der Waals surface area contributed by atoms with E-state index in [1.54, 1.807) is 18.3 Å². The van der Waals surface area contributed by atoms with Crippen LogP contribution in [0.2, 0.25) is 0 Å². The molecular formula is C9H16N2OS. The number of aromatic nitrogens is 1. The highest BCUT2D eigenvalue weighted by atomic mass is 32.1. The van der Waals surface area contributed by atoms with E-state index in [2.05, 4.69) is 10.3 Å². The molecule has 0 saturated heterocycles. The third kappa shape index (κ3) is 3.06. The molecular weight excluding hydrogens is 184 g/mol. The summed E-state index contributed by atoms with van der Waals surface area (Å²) in [6, 6.07) is 0. The van der Waals surface area contributed by atoms with Crippen molar-refractivity contribution in [2.75, 3.05) is 0 Å². The van der Waals surface area contributed by atoms with Crippen LogP contribution in [0.25, 0.3) is 0 Å². The molecule has 0 radical (unpaired) electrons. The third-order valence-electron chi connectivity index (χ3n) is 2.25. The summed E-state index contributed by atoms with van der Waals surface area (Å²) >= 11 is 1.58. The molecule has 0 aliphatic heterocycles. The predicted molar refractivity (Wildman–Crippen MR) is 54.7 cm³/mol. The number of hydrogen-bond acceptors (Lipinski definition) is 4. The molecule has 0 saturated carbocycles. The van der Waals surface area contributed by atoms with Crippen molar-refractivity contribution in [2.45, 2.75) is 39.0 Å². The zero-order valence-electron chi connectivity index (χ0n) is 8.24. The van der Waals surface area contributed by atoms with E-state index in [0.717, 1.165) is 5.69 Å². The maximum absolute atomic E-state index is 9.43. The summed E-state index contributed by atoms with van der Waals surface area (Å²) in [5, 5.41) is 14.7. The summed E-state index contributed by atoms with van der Waals surface area (Å²) in [4.78, 5) is 4.15. The second-order valence-corrected chi connectivity index (χ2v) is 4.45. The molecule has 13 heavy (non-hydrogen) atoms. The van der Waals surface area contributed by atoms with Crippen LogP contribution in [0.15, 0.2) is 10.9 Å². The number of nitrogens with zero attached hydrogens (tertiary/aromatic N) is 1. The lowest BCUT2D eigenvalue weighted by atomic mass is 9.99.